The van der Waals surface area contributed by atoms with Crippen LogP contribution in [0.25, 0.3) is 22.0 Å². The molecule has 1 aliphatic heterocycles. The number of hydrogen-bond acceptors (Lipinski definition) is 4. The van der Waals surface area contributed by atoms with Gasteiger partial charge in [0.1, 0.15) is 11.4 Å². The summed E-state index contributed by atoms with van der Waals surface area (Å²) in [6.45, 7) is 7.32. The van der Waals surface area contributed by atoms with Gasteiger partial charge in [0.05, 0.1) is 6.10 Å². The molecule has 0 atom stereocenters. The highest BCUT2D eigenvalue weighted by molar-refractivity contribution is 6.10. The summed E-state index contributed by atoms with van der Waals surface area (Å²) in [5.74, 6) is -2.17. The first-order valence-electron chi connectivity index (χ1n) is 9.92. The number of aromatic amines is 1. The van der Waals surface area contributed by atoms with Crippen LogP contribution in [0.15, 0.2) is 30.3 Å². The number of ether oxygens (including phenoxy) is 1. The Balaban J connectivity index is 1.92. The fourth-order valence-electron chi connectivity index (χ4n) is 3.84. The van der Waals surface area contributed by atoms with E-state index in [1.807, 2.05) is 32.0 Å². The van der Waals surface area contributed by atoms with Gasteiger partial charge in [-0.1, -0.05) is 0 Å². The molecule has 0 unspecified atom stereocenters. The minimum Gasteiger partial charge on any atom is -0.490 e. The fourth-order valence-corrected chi connectivity index (χ4v) is 3.84. The number of nitrogens with zero attached hydrogens (tertiary/aromatic N) is 1. The molecular formula is C22H24F2N4O2. The second-order valence-corrected chi connectivity index (χ2v) is 7.64. The number of aromatic nitrogens is 1. The van der Waals surface area contributed by atoms with Crippen LogP contribution in [0.2, 0.25) is 0 Å². The average Bonchev–Trinajstić information content (AvgIpc) is 3.07. The van der Waals surface area contributed by atoms with E-state index in [1.54, 1.807) is 0 Å². The molecule has 2 aromatic carbocycles. The number of carbonyl (C=O) groups is 1. The predicted octanol–water partition coefficient (Wildman–Crippen LogP) is 3.41. The van der Waals surface area contributed by atoms with Gasteiger partial charge in [-0.05, 0) is 32.0 Å². The molecule has 1 aliphatic rings. The van der Waals surface area contributed by atoms with E-state index in [0.29, 0.717) is 27.8 Å². The summed E-state index contributed by atoms with van der Waals surface area (Å²) in [5, 5.41) is 3.69. The molecule has 158 valence electrons. The van der Waals surface area contributed by atoms with Gasteiger partial charge < -0.3 is 25.7 Å². The third kappa shape index (κ3) is 3.70. The van der Waals surface area contributed by atoms with Crippen molar-refractivity contribution in [3.63, 3.8) is 0 Å². The minimum atomic E-state index is -1.00. The summed E-state index contributed by atoms with van der Waals surface area (Å²) in [7, 11) is 0. The first-order chi connectivity index (χ1) is 14.3. The lowest BCUT2D eigenvalue weighted by molar-refractivity contribution is 0.0997. The van der Waals surface area contributed by atoms with Crippen molar-refractivity contribution < 1.29 is 18.3 Å². The number of primary amides is 1. The maximum Gasteiger partial charge on any atom is 0.265 e. The molecule has 1 amide bonds. The molecule has 0 spiro atoms. The largest absolute Gasteiger partial charge is 0.490 e. The zero-order valence-corrected chi connectivity index (χ0v) is 16.9. The molecule has 1 fully saturated rings. The molecule has 30 heavy (non-hydrogen) atoms. The van der Waals surface area contributed by atoms with Crippen LogP contribution < -0.4 is 20.7 Å². The van der Waals surface area contributed by atoms with Crippen LogP contribution in [0.3, 0.4) is 0 Å². The maximum atomic E-state index is 14.0. The number of amides is 1. The van der Waals surface area contributed by atoms with E-state index in [4.69, 9.17) is 10.5 Å². The summed E-state index contributed by atoms with van der Waals surface area (Å²) in [5.41, 5.74) is 7.94. The van der Waals surface area contributed by atoms with E-state index in [9.17, 15) is 13.6 Å². The number of rotatable bonds is 5. The van der Waals surface area contributed by atoms with Crippen molar-refractivity contribution in [3.05, 3.63) is 47.7 Å². The summed E-state index contributed by atoms with van der Waals surface area (Å²) in [6, 6.07) is 7.80. The Morgan fingerprint density at radius 3 is 2.50 bits per heavy atom. The number of H-pyrrole nitrogens is 1. The van der Waals surface area contributed by atoms with Gasteiger partial charge in [-0.25, -0.2) is 8.78 Å². The zero-order valence-electron chi connectivity index (χ0n) is 16.9. The number of nitrogens with one attached hydrogen (secondary N) is 2. The van der Waals surface area contributed by atoms with E-state index in [1.165, 1.54) is 0 Å². The molecule has 6 nitrogen and oxygen atoms in total. The molecule has 3 aromatic rings. The van der Waals surface area contributed by atoms with Crippen molar-refractivity contribution in [2.75, 3.05) is 31.1 Å². The Kier molecular flexibility index (Phi) is 5.34. The smallest absolute Gasteiger partial charge is 0.265 e. The number of hydrogen-bond donors (Lipinski definition) is 3. The van der Waals surface area contributed by atoms with Crippen LogP contribution in [0.5, 0.6) is 5.75 Å². The monoisotopic (exact) mass is 414 g/mol. The Hall–Kier alpha value is -3.13. The SMILES string of the molecule is CC(C)Oc1cc(N2CCNCC2)ccc1-c1c(C(N)=O)[nH]c2cc(F)c(F)cc12. The number of benzene rings is 2. The molecule has 0 bridgehead atoms. The maximum absolute atomic E-state index is 14.0. The first kappa shape index (κ1) is 20.2. The zero-order chi connectivity index (χ0) is 21.4. The van der Waals surface area contributed by atoms with Crippen molar-refractivity contribution in [3.8, 4) is 16.9 Å². The number of piperazine rings is 1. The molecule has 4 N–H and O–H groups in total. The minimum absolute atomic E-state index is 0.0820. The lowest BCUT2D eigenvalue weighted by Gasteiger charge is -2.30. The van der Waals surface area contributed by atoms with Crippen molar-refractivity contribution in [1.82, 2.24) is 10.3 Å². The van der Waals surface area contributed by atoms with E-state index in [0.717, 1.165) is 44.0 Å². The molecular weight excluding hydrogens is 390 g/mol. The Morgan fingerprint density at radius 2 is 1.83 bits per heavy atom. The van der Waals surface area contributed by atoms with Crippen LogP contribution >= 0.6 is 0 Å². The van der Waals surface area contributed by atoms with Gasteiger partial charge >= 0.3 is 0 Å². The van der Waals surface area contributed by atoms with Crippen molar-refractivity contribution in [2.24, 2.45) is 5.73 Å². The third-order valence-electron chi connectivity index (χ3n) is 5.17. The number of fused-ring (bicyclic) bond motifs is 1. The highest BCUT2D eigenvalue weighted by atomic mass is 19.2. The van der Waals surface area contributed by atoms with Gasteiger partial charge in [0.25, 0.3) is 5.91 Å². The van der Waals surface area contributed by atoms with Gasteiger partial charge in [0.15, 0.2) is 11.6 Å². The second kappa shape index (κ2) is 7.95. The Bertz CT molecular complexity index is 1100. The summed E-state index contributed by atoms with van der Waals surface area (Å²) < 4.78 is 33.8. The lowest BCUT2D eigenvalue weighted by Crippen LogP contribution is -2.43. The molecule has 0 aliphatic carbocycles. The number of carbonyl (C=O) groups excluding carboxylic acids is 1. The van der Waals surface area contributed by atoms with Gasteiger partial charge in [0.2, 0.25) is 0 Å². The lowest BCUT2D eigenvalue weighted by atomic mass is 9.99. The fraction of sp³-hybridized carbons (Fsp3) is 0.318. The standard InChI is InChI=1S/C22H24F2N4O2/c1-12(2)30-19-9-13(28-7-5-26-6-8-28)3-4-14(19)20-15-10-16(23)17(24)11-18(15)27-21(20)22(25)29/h3-4,9-12,26-27H,5-8H2,1-2H3,(H2,25,29). The van der Waals surface area contributed by atoms with E-state index >= 15 is 0 Å². The molecule has 0 radical (unpaired) electrons. The molecule has 2 heterocycles. The second-order valence-electron chi connectivity index (χ2n) is 7.64. The Morgan fingerprint density at radius 1 is 1.13 bits per heavy atom. The number of nitrogens with two attached hydrogens (primary N) is 1. The van der Waals surface area contributed by atoms with Gasteiger partial charge in [-0.2, -0.15) is 0 Å². The number of halogens is 2. The molecule has 1 aromatic heterocycles. The first-order valence-corrected chi connectivity index (χ1v) is 9.92. The normalized spacial score (nSPS) is 14.5. The predicted molar refractivity (Wildman–Crippen MR) is 113 cm³/mol. The van der Waals surface area contributed by atoms with Gasteiger partial charge in [-0.15, -0.1) is 0 Å². The van der Waals surface area contributed by atoms with Crippen LogP contribution in [0.4, 0.5) is 14.5 Å². The number of anilines is 1. The van der Waals surface area contributed by atoms with Gasteiger partial charge in [0, 0.05) is 66.0 Å². The molecule has 4 rings (SSSR count). The van der Waals surface area contributed by atoms with Crippen LogP contribution in [0.1, 0.15) is 24.3 Å². The molecule has 1 saturated heterocycles. The highest BCUT2D eigenvalue weighted by Gasteiger charge is 2.23. The summed E-state index contributed by atoms with van der Waals surface area (Å²) in [4.78, 5) is 17.2. The average molecular weight is 414 g/mol. The molecule has 8 heteroatoms. The Labute approximate surface area is 173 Å². The van der Waals surface area contributed by atoms with E-state index in [2.05, 4.69) is 15.2 Å². The highest BCUT2D eigenvalue weighted by Crippen LogP contribution is 2.41. The van der Waals surface area contributed by atoms with Crippen LogP contribution in [-0.4, -0.2) is 43.2 Å². The summed E-state index contributed by atoms with van der Waals surface area (Å²) in [6.07, 6.45) is -0.126. The molecule has 0 saturated carbocycles. The van der Waals surface area contributed by atoms with Crippen molar-refractivity contribution in [1.29, 1.82) is 0 Å². The van der Waals surface area contributed by atoms with E-state index < -0.39 is 17.5 Å². The van der Waals surface area contributed by atoms with Crippen molar-refractivity contribution >= 4 is 22.5 Å². The summed E-state index contributed by atoms with van der Waals surface area (Å²) >= 11 is 0. The van der Waals surface area contributed by atoms with E-state index in [-0.39, 0.29) is 11.8 Å². The quantitative estimate of drug-likeness (QED) is 0.598. The van der Waals surface area contributed by atoms with Crippen molar-refractivity contribution in [2.45, 2.75) is 20.0 Å². The topological polar surface area (TPSA) is 83.4 Å². The van der Waals surface area contributed by atoms with Crippen LogP contribution in [0, 0.1) is 11.6 Å². The van der Waals surface area contributed by atoms with Gasteiger partial charge in [-0.3, -0.25) is 4.79 Å². The third-order valence-corrected chi connectivity index (χ3v) is 5.17. The van der Waals surface area contributed by atoms with Crippen LogP contribution in [-0.2, 0) is 0 Å².